The maximum Gasteiger partial charge on any atom is 0.0980 e. The van der Waals surface area contributed by atoms with Gasteiger partial charge in [-0.05, 0) is 6.66 Å². The molecule has 0 aromatic rings. The Morgan fingerprint density at radius 3 is 2.83 bits per heavy atom. The van der Waals surface area contributed by atoms with Gasteiger partial charge in [0.15, 0.2) is 0 Å². The van der Waals surface area contributed by atoms with Gasteiger partial charge in [0.2, 0.25) is 0 Å². The lowest BCUT2D eigenvalue weighted by Gasteiger charge is -1.95. The van der Waals surface area contributed by atoms with Crippen LogP contribution in [0.2, 0.25) is 0 Å². The molecule has 1 unspecified atom stereocenters. The molecular weight excluding hydrogens is 97.0 g/mol. The minimum absolute atomic E-state index is 0.215. The number of hydrogen-bond donors (Lipinski definition) is 1. The van der Waals surface area contributed by atoms with Crippen LogP contribution >= 0.6 is 8.30 Å². The van der Waals surface area contributed by atoms with E-state index in [1.165, 1.54) is 0 Å². The number of rotatable bonds is 0. The van der Waals surface area contributed by atoms with Gasteiger partial charge in [-0.25, -0.2) is 0 Å². The molecule has 0 saturated carbocycles. The zero-order valence-electron chi connectivity index (χ0n) is 3.77. The second-order valence-electron chi connectivity index (χ2n) is 1.24. The van der Waals surface area contributed by atoms with Crippen molar-refractivity contribution < 1.29 is 4.52 Å². The molecule has 0 bridgehead atoms. The lowest BCUT2D eigenvalue weighted by Crippen LogP contribution is -1.98. The van der Waals surface area contributed by atoms with Gasteiger partial charge < -0.3 is 4.52 Å². The quantitative estimate of drug-likeness (QED) is 0.454. The summed E-state index contributed by atoms with van der Waals surface area (Å²) in [6.07, 6.45) is 0. The molecule has 1 saturated heterocycles. The topological polar surface area (TPSA) is 21.3 Å². The van der Waals surface area contributed by atoms with Gasteiger partial charge in [-0.1, -0.05) is 0 Å². The monoisotopic (exact) mass is 105 g/mol. The molecule has 0 aromatic heterocycles. The van der Waals surface area contributed by atoms with Gasteiger partial charge in [0.25, 0.3) is 0 Å². The molecule has 1 aliphatic rings. The van der Waals surface area contributed by atoms with Crippen molar-refractivity contribution >= 4 is 8.30 Å². The first-order valence-corrected chi connectivity index (χ1v) is 3.70. The third-order valence-corrected chi connectivity index (χ3v) is 1.96. The minimum atomic E-state index is -0.215. The Balaban J connectivity index is 2.18. The van der Waals surface area contributed by atoms with Crippen LogP contribution in [0.25, 0.3) is 0 Å². The van der Waals surface area contributed by atoms with E-state index in [0.29, 0.717) is 0 Å². The Labute approximate surface area is 38.8 Å². The summed E-state index contributed by atoms with van der Waals surface area (Å²) in [5.74, 6) is 0. The van der Waals surface area contributed by atoms with Crippen LogP contribution in [0.4, 0.5) is 0 Å². The predicted molar refractivity (Wildman–Crippen MR) is 26.8 cm³/mol. The highest BCUT2D eigenvalue weighted by Gasteiger charge is 2.05. The fraction of sp³-hybridized carbons (Fsp3) is 1.00. The Morgan fingerprint density at radius 2 is 2.67 bits per heavy atom. The summed E-state index contributed by atoms with van der Waals surface area (Å²) in [6.45, 7) is 4.02. The SMILES string of the molecule is CP1NCCO1. The van der Waals surface area contributed by atoms with Gasteiger partial charge in [-0.3, -0.25) is 5.09 Å². The molecule has 1 aliphatic heterocycles. The highest BCUT2D eigenvalue weighted by atomic mass is 31.2. The van der Waals surface area contributed by atoms with Crippen molar-refractivity contribution in [2.75, 3.05) is 19.8 Å². The first-order valence-electron chi connectivity index (χ1n) is 2.00. The molecule has 1 heterocycles. The van der Waals surface area contributed by atoms with Crippen LogP contribution in [0.1, 0.15) is 0 Å². The molecule has 0 aromatic carbocycles. The third-order valence-electron chi connectivity index (χ3n) is 0.721. The van der Waals surface area contributed by atoms with Crippen LogP contribution in [-0.2, 0) is 4.52 Å². The fourth-order valence-corrected chi connectivity index (χ4v) is 1.29. The molecule has 6 heavy (non-hydrogen) atoms. The number of hydrogen-bond acceptors (Lipinski definition) is 2. The molecule has 1 fully saturated rings. The van der Waals surface area contributed by atoms with E-state index in [2.05, 4.69) is 11.8 Å². The molecule has 2 nitrogen and oxygen atoms in total. The highest BCUT2D eigenvalue weighted by molar-refractivity contribution is 7.49. The van der Waals surface area contributed by atoms with E-state index in [4.69, 9.17) is 4.52 Å². The molecule has 1 atom stereocenters. The summed E-state index contributed by atoms with van der Waals surface area (Å²) in [5, 5.41) is 3.16. The minimum Gasteiger partial charge on any atom is -0.343 e. The lowest BCUT2D eigenvalue weighted by molar-refractivity contribution is 0.400. The Hall–Kier alpha value is 0.350. The lowest BCUT2D eigenvalue weighted by atomic mass is 10.8. The van der Waals surface area contributed by atoms with Crippen molar-refractivity contribution in [2.24, 2.45) is 0 Å². The Bertz CT molecular complexity index is 44.1. The Kier molecular flexibility index (Phi) is 1.41. The summed E-state index contributed by atoms with van der Waals surface area (Å²) >= 11 is 0. The molecule has 3 heteroatoms. The van der Waals surface area contributed by atoms with E-state index < -0.39 is 0 Å². The maximum absolute atomic E-state index is 5.11. The molecule has 0 amide bonds. The molecule has 1 rings (SSSR count). The van der Waals surface area contributed by atoms with Gasteiger partial charge in [0.1, 0.15) is 0 Å². The normalized spacial score (nSPS) is 34.5. The van der Waals surface area contributed by atoms with Crippen molar-refractivity contribution in [3.63, 3.8) is 0 Å². The van der Waals surface area contributed by atoms with Crippen molar-refractivity contribution in [1.82, 2.24) is 5.09 Å². The molecule has 0 radical (unpaired) electrons. The van der Waals surface area contributed by atoms with Crippen molar-refractivity contribution in [2.45, 2.75) is 0 Å². The van der Waals surface area contributed by atoms with Crippen LogP contribution in [0.5, 0.6) is 0 Å². The van der Waals surface area contributed by atoms with E-state index in [9.17, 15) is 0 Å². The molecule has 0 spiro atoms. The smallest absolute Gasteiger partial charge is 0.0980 e. The molecule has 1 N–H and O–H groups in total. The summed E-state index contributed by atoms with van der Waals surface area (Å²) < 4.78 is 5.11. The van der Waals surface area contributed by atoms with Gasteiger partial charge in [0, 0.05) is 6.54 Å². The molecule has 0 aliphatic carbocycles. The average molecular weight is 105 g/mol. The van der Waals surface area contributed by atoms with Gasteiger partial charge in [0.05, 0.1) is 14.9 Å². The predicted octanol–water partition coefficient (Wildman–Crippen LogP) is 0.548. The first kappa shape index (κ1) is 4.51. The summed E-state index contributed by atoms with van der Waals surface area (Å²) in [6, 6.07) is 0. The average Bonchev–Trinajstić information content (AvgIpc) is 1.86. The van der Waals surface area contributed by atoms with Crippen molar-refractivity contribution in [1.29, 1.82) is 0 Å². The molecule has 36 valence electrons. The van der Waals surface area contributed by atoms with Crippen LogP contribution in [0.15, 0.2) is 0 Å². The van der Waals surface area contributed by atoms with Crippen LogP contribution in [0, 0.1) is 0 Å². The van der Waals surface area contributed by atoms with E-state index >= 15 is 0 Å². The highest BCUT2D eigenvalue weighted by Crippen LogP contribution is 2.29. The Morgan fingerprint density at radius 1 is 1.83 bits per heavy atom. The maximum atomic E-state index is 5.11. The van der Waals surface area contributed by atoms with Gasteiger partial charge >= 0.3 is 0 Å². The van der Waals surface area contributed by atoms with E-state index in [1.54, 1.807) is 0 Å². The van der Waals surface area contributed by atoms with E-state index in [0.717, 1.165) is 13.2 Å². The van der Waals surface area contributed by atoms with E-state index in [-0.39, 0.29) is 8.30 Å². The largest absolute Gasteiger partial charge is 0.343 e. The van der Waals surface area contributed by atoms with Gasteiger partial charge in [-0.2, -0.15) is 0 Å². The standard InChI is InChI=1S/C3H8NOP/c1-6-4-2-3-5-6/h4H,2-3H2,1H3. The van der Waals surface area contributed by atoms with Crippen molar-refractivity contribution in [3.8, 4) is 0 Å². The second kappa shape index (κ2) is 1.87. The number of nitrogens with one attached hydrogen (secondary N) is 1. The van der Waals surface area contributed by atoms with E-state index in [1.807, 2.05) is 0 Å². The zero-order valence-corrected chi connectivity index (χ0v) is 4.66. The summed E-state index contributed by atoms with van der Waals surface area (Å²) in [4.78, 5) is 0. The van der Waals surface area contributed by atoms with Gasteiger partial charge in [-0.15, -0.1) is 0 Å². The first-order chi connectivity index (χ1) is 2.89. The van der Waals surface area contributed by atoms with Crippen LogP contribution < -0.4 is 5.09 Å². The zero-order chi connectivity index (χ0) is 4.41. The second-order valence-corrected chi connectivity index (χ2v) is 2.81. The summed E-state index contributed by atoms with van der Waals surface area (Å²) in [7, 11) is -0.215. The van der Waals surface area contributed by atoms with Crippen molar-refractivity contribution in [3.05, 3.63) is 0 Å². The molecular formula is C3H8NOP. The third kappa shape index (κ3) is 0.904. The fourth-order valence-electron chi connectivity index (χ4n) is 0.431. The summed E-state index contributed by atoms with van der Waals surface area (Å²) in [5.41, 5.74) is 0. The van der Waals surface area contributed by atoms with Crippen LogP contribution in [0.3, 0.4) is 0 Å². The van der Waals surface area contributed by atoms with Crippen LogP contribution in [-0.4, -0.2) is 19.8 Å².